The maximum Gasteiger partial charge on any atom is 0.230 e. The van der Waals surface area contributed by atoms with Crippen LogP contribution in [0, 0.1) is 0 Å². The summed E-state index contributed by atoms with van der Waals surface area (Å²) in [6.07, 6.45) is 5.94. The summed E-state index contributed by atoms with van der Waals surface area (Å²) in [6, 6.07) is 5.70. The molecular formula is C21H21BrN4O3S. The van der Waals surface area contributed by atoms with Crippen LogP contribution in [0.25, 0.3) is 22.0 Å². The molecule has 4 rings (SSSR count). The molecule has 0 atom stereocenters. The Morgan fingerprint density at radius 2 is 2.23 bits per heavy atom. The number of benzene rings is 1. The van der Waals surface area contributed by atoms with Gasteiger partial charge < -0.3 is 14.8 Å². The number of hydrogen-bond donors (Lipinski definition) is 2. The lowest BCUT2D eigenvalue weighted by Gasteiger charge is -2.16. The third kappa shape index (κ3) is 4.97. The van der Waals surface area contributed by atoms with Crippen molar-refractivity contribution < 1.29 is 14.3 Å². The van der Waals surface area contributed by atoms with Crippen molar-refractivity contribution in [2.24, 2.45) is 0 Å². The van der Waals surface area contributed by atoms with Crippen molar-refractivity contribution in [3.63, 3.8) is 0 Å². The zero-order valence-corrected chi connectivity index (χ0v) is 19.0. The van der Waals surface area contributed by atoms with E-state index in [-0.39, 0.29) is 12.3 Å². The molecule has 0 aliphatic rings. The number of furan rings is 1. The van der Waals surface area contributed by atoms with E-state index < -0.39 is 5.60 Å². The van der Waals surface area contributed by atoms with Gasteiger partial charge in [-0.2, -0.15) is 5.10 Å². The zero-order chi connectivity index (χ0) is 21.3. The minimum Gasteiger partial charge on any atom is -0.472 e. The Hall–Kier alpha value is -2.49. The highest BCUT2D eigenvalue weighted by atomic mass is 79.9. The molecule has 2 N–H and O–H groups in total. The van der Waals surface area contributed by atoms with Crippen LogP contribution in [0.5, 0.6) is 0 Å². The van der Waals surface area contributed by atoms with Crippen LogP contribution in [0.2, 0.25) is 0 Å². The Bertz CT molecular complexity index is 1180. The van der Waals surface area contributed by atoms with Crippen LogP contribution in [0.1, 0.15) is 26.0 Å². The highest BCUT2D eigenvalue weighted by molar-refractivity contribution is 9.11. The molecule has 9 heteroatoms. The normalized spacial score (nSPS) is 11.9. The van der Waals surface area contributed by atoms with Gasteiger partial charge in [-0.1, -0.05) is 0 Å². The van der Waals surface area contributed by atoms with Crippen LogP contribution in [-0.2, 0) is 17.8 Å². The number of hydrogen-bond acceptors (Lipinski definition) is 6. The summed E-state index contributed by atoms with van der Waals surface area (Å²) < 4.78 is 7.81. The van der Waals surface area contributed by atoms with E-state index in [9.17, 15) is 9.90 Å². The summed E-state index contributed by atoms with van der Waals surface area (Å²) in [5.74, 6) is -0.147. The molecule has 0 radical (unpaired) electrons. The molecule has 3 heterocycles. The number of carbonyl (C=O) groups is 1. The van der Waals surface area contributed by atoms with E-state index in [0.29, 0.717) is 18.7 Å². The molecular weight excluding hydrogens is 468 g/mol. The van der Waals surface area contributed by atoms with Crippen molar-refractivity contribution in [2.75, 3.05) is 5.32 Å². The first kappa shape index (κ1) is 20.8. The van der Waals surface area contributed by atoms with Crippen LogP contribution in [0.4, 0.5) is 5.69 Å². The topological polar surface area (TPSA) is 93.2 Å². The molecule has 1 aromatic carbocycles. The largest absolute Gasteiger partial charge is 0.472 e. The summed E-state index contributed by atoms with van der Waals surface area (Å²) >= 11 is 4.77. The molecule has 0 saturated heterocycles. The number of thiazole rings is 1. The van der Waals surface area contributed by atoms with Crippen LogP contribution in [0.15, 0.2) is 50.6 Å². The van der Waals surface area contributed by atoms with E-state index >= 15 is 0 Å². The Morgan fingerprint density at radius 3 is 2.90 bits per heavy atom. The molecule has 7 nitrogen and oxygen atoms in total. The molecule has 0 fully saturated rings. The highest BCUT2D eigenvalue weighted by Crippen LogP contribution is 2.33. The van der Waals surface area contributed by atoms with Crippen LogP contribution < -0.4 is 5.32 Å². The van der Waals surface area contributed by atoms with Gasteiger partial charge in [0, 0.05) is 40.3 Å². The van der Waals surface area contributed by atoms with Crippen molar-refractivity contribution in [3.05, 3.63) is 51.9 Å². The molecule has 0 saturated carbocycles. The minimum atomic E-state index is -0.760. The van der Waals surface area contributed by atoms with Crippen molar-refractivity contribution in [2.45, 2.75) is 38.8 Å². The highest BCUT2D eigenvalue weighted by Gasteiger charge is 2.16. The fourth-order valence-electron chi connectivity index (χ4n) is 3.11. The monoisotopic (exact) mass is 488 g/mol. The molecule has 3 aromatic heterocycles. The minimum absolute atomic E-state index is 0.147. The first-order valence-electron chi connectivity index (χ1n) is 9.43. The van der Waals surface area contributed by atoms with Gasteiger partial charge in [-0.25, -0.2) is 4.98 Å². The molecule has 4 aromatic rings. The molecule has 0 unspecified atom stereocenters. The van der Waals surface area contributed by atoms with E-state index in [4.69, 9.17) is 4.42 Å². The first-order valence-corrected chi connectivity index (χ1v) is 11.1. The van der Waals surface area contributed by atoms with E-state index in [1.807, 2.05) is 34.5 Å². The van der Waals surface area contributed by atoms with E-state index in [1.54, 1.807) is 26.4 Å². The van der Waals surface area contributed by atoms with Crippen molar-refractivity contribution in [1.82, 2.24) is 14.8 Å². The van der Waals surface area contributed by atoms with Gasteiger partial charge in [-0.05, 0) is 54.4 Å². The fourth-order valence-corrected chi connectivity index (χ4v) is 4.16. The molecule has 156 valence electrons. The Labute approximate surface area is 185 Å². The predicted molar refractivity (Wildman–Crippen MR) is 120 cm³/mol. The molecule has 0 aliphatic carbocycles. The van der Waals surface area contributed by atoms with Gasteiger partial charge in [0.1, 0.15) is 0 Å². The first-order chi connectivity index (χ1) is 14.3. The number of nitrogens with zero attached hydrogens (tertiary/aromatic N) is 3. The maximum atomic E-state index is 12.6. The Morgan fingerprint density at radius 1 is 1.40 bits per heavy atom. The quantitative estimate of drug-likeness (QED) is 0.387. The summed E-state index contributed by atoms with van der Waals surface area (Å²) in [6.45, 7) is 4.16. The number of aliphatic hydroxyl groups is 1. The summed E-state index contributed by atoms with van der Waals surface area (Å²) in [5.41, 5.74) is 3.14. The number of nitrogens with one attached hydrogen (secondary N) is 1. The Kier molecular flexibility index (Phi) is 5.77. The number of rotatable bonds is 7. The van der Waals surface area contributed by atoms with Gasteiger partial charge in [-0.15, -0.1) is 11.3 Å². The fraction of sp³-hybridized carbons (Fsp3) is 0.286. The van der Waals surface area contributed by atoms with Crippen LogP contribution in [0.3, 0.4) is 0 Å². The van der Waals surface area contributed by atoms with Gasteiger partial charge in [0.25, 0.3) is 0 Å². The van der Waals surface area contributed by atoms with Gasteiger partial charge in [0.05, 0.1) is 35.8 Å². The van der Waals surface area contributed by atoms with Crippen molar-refractivity contribution in [3.8, 4) is 11.1 Å². The number of amides is 1. The van der Waals surface area contributed by atoms with Crippen molar-refractivity contribution in [1.29, 1.82) is 0 Å². The second-order valence-electron chi connectivity index (χ2n) is 7.74. The number of halogens is 1. The zero-order valence-electron chi connectivity index (χ0n) is 16.6. The number of carbonyl (C=O) groups excluding carboxylic acids is 1. The SMILES string of the molecule is CC(C)(O)CCn1cc2cc(NC(=O)Cc3csc(Br)n3)c(-c3ccoc3)cc2n1. The van der Waals surface area contributed by atoms with E-state index in [1.165, 1.54) is 11.3 Å². The lowest BCUT2D eigenvalue weighted by molar-refractivity contribution is -0.115. The van der Waals surface area contributed by atoms with Gasteiger partial charge in [-0.3, -0.25) is 9.48 Å². The van der Waals surface area contributed by atoms with Gasteiger partial charge >= 0.3 is 0 Å². The standard InChI is InChI=1S/C21H21BrN4O3S/c1-21(2,28)4-5-26-10-14-7-18(24-19(27)8-15-12-30-20(22)23-15)16(9-17(14)25-26)13-3-6-29-11-13/h3,6-7,9-12,28H,4-5,8H2,1-2H3,(H,24,27). The van der Waals surface area contributed by atoms with E-state index in [2.05, 4.69) is 31.3 Å². The smallest absolute Gasteiger partial charge is 0.230 e. The van der Waals surface area contributed by atoms with E-state index in [0.717, 1.165) is 31.6 Å². The average molecular weight is 489 g/mol. The maximum absolute atomic E-state index is 12.6. The molecule has 0 spiro atoms. The third-order valence-corrected chi connectivity index (χ3v) is 6.03. The van der Waals surface area contributed by atoms with Crippen LogP contribution >= 0.6 is 27.3 Å². The summed E-state index contributed by atoms with van der Waals surface area (Å²) in [4.78, 5) is 16.9. The number of fused-ring (bicyclic) bond motifs is 1. The lowest BCUT2D eigenvalue weighted by atomic mass is 10.0. The molecule has 30 heavy (non-hydrogen) atoms. The average Bonchev–Trinajstić information content (AvgIpc) is 3.39. The molecule has 0 aliphatic heterocycles. The molecule has 0 bridgehead atoms. The van der Waals surface area contributed by atoms with Crippen molar-refractivity contribution >= 4 is 49.8 Å². The predicted octanol–water partition coefficient (Wildman–Crippen LogP) is 4.86. The number of anilines is 1. The second kappa shape index (κ2) is 8.33. The van der Waals surface area contributed by atoms with Gasteiger partial charge in [0.15, 0.2) is 3.92 Å². The Balaban J connectivity index is 1.64. The third-order valence-electron chi connectivity index (χ3n) is 4.62. The summed E-state index contributed by atoms with van der Waals surface area (Å²) in [5, 5.41) is 20.4. The number of aryl methyl sites for hydroxylation is 1. The van der Waals surface area contributed by atoms with Crippen LogP contribution in [-0.4, -0.2) is 31.4 Å². The molecule has 1 amide bonds. The second-order valence-corrected chi connectivity index (χ2v) is 9.87. The summed E-state index contributed by atoms with van der Waals surface area (Å²) in [7, 11) is 0. The van der Waals surface area contributed by atoms with Gasteiger partial charge in [0.2, 0.25) is 5.91 Å². The lowest BCUT2D eigenvalue weighted by Crippen LogP contribution is -2.21. The number of aromatic nitrogens is 3.